The molecular formula is C18H18OS. The molecule has 0 saturated carbocycles. The highest BCUT2D eigenvalue weighted by Gasteiger charge is 2.06. The van der Waals surface area contributed by atoms with Gasteiger partial charge in [0.25, 0.3) is 0 Å². The van der Waals surface area contributed by atoms with Crippen molar-refractivity contribution in [1.82, 2.24) is 0 Å². The molecule has 3 rings (SSSR count). The van der Waals surface area contributed by atoms with E-state index in [1.54, 1.807) is 11.3 Å². The number of unbranched alkanes of at least 4 members (excludes halogenated alkanes) is 1. The maximum absolute atomic E-state index is 5.83. The smallest absolute Gasteiger partial charge is 0.119 e. The quantitative estimate of drug-likeness (QED) is 0.542. The van der Waals surface area contributed by atoms with E-state index in [1.165, 1.54) is 21.2 Å². The maximum Gasteiger partial charge on any atom is 0.119 e. The van der Waals surface area contributed by atoms with Gasteiger partial charge in [-0.1, -0.05) is 43.7 Å². The molecule has 0 aliphatic carbocycles. The topological polar surface area (TPSA) is 9.23 Å². The van der Waals surface area contributed by atoms with Crippen molar-refractivity contribution in [3.8, 4) is 16.2 Å². The maximum atomic E-state index is 5.83. The van der Waals surface area contributed by atoms with Crippen molar-refractivity contribution < 1.29 is 4.74 Å². The summed E-state index contributed by atoms with van der Waals surface area (Å²) in [5.41, 5.74) is 1.29. The van der Waals surface area contributed by atoms with Crippen molar-refractivity contribution in [3.63, 3.8) is 0 Å². The van der Waals surface area contributed by atoms with Gasteiger partial charge in [-0.3, -0.25) is 0 Å². The number of hydrogen-bond acceptors (Lipinski definition) is 2. The molecule has 0 radical (unpaired) electrons. The van der Waals surface area contributed by atoms with Crippen LogP contribution in [0.4, 0.5) is 0 Å². The zero-order chi connectivity index (χ0) is 13.8. The minimum Gasteiger partial charge on any atom is -0.494 e. The highest BCUT2D eigenvalue weighted by atomic mass is 32.1. The summed E-state index contributed by atoms with van der Waals surface area (Å²) in [6.07, 6.45) is 2.26. The summed E-state index contributed by atoms with van der Waals surface area (Å²) in [5, 5.41) is 4.65. The van der Waals surface area contributed by atoms with Gasteiger partial charge >= 0.3 is 0 Å². The van der Waals surface area contributed by atoms with Crippen molar-refractivity contribution in [2.75, 3.05) is 6.61 Å². The molecule has 2 heteroatoms. The molecule has 1 heterocycles. The molecule has 0 aliphatic heterocycles. The third-order valence-electron chi connectivity index (χ3n) is 3.41. The summed E-state index contributed by atoms with van der Waals surface area (Å²) in [6, 6.07) is 17.1. The second-order valence-corrected chi connectivity index (χ2v) is 5.82. The first-order chi connectivity index (χ1) is 9.88. The molecule has 2 aromatic carbocycles. The van der Waals surface area contributed by atoms with Crippen molar-refractivity contribution in [2.24, 2.45) is 0 Å². The second-order valence-electron chi connectivity index (χ2n) is 4.87. The summed E-state index contributed by atoms with van der Waals surface area (Å²) in [5.74, 6) is 0.968. The van der Waals surface area contributed by atoms with Crippen LogP contribution >= 0.6 is 11.3 Å². The first kappa shape index (κ1) is 13.2. The summed E-state index contributed by atoms with van der Waals surface area (Å²) in [6.45, 7) is 2.97. The minimum atomic E-state index is 0.795. The van der Waals surface area contributed by atoms with Crippen molar-refractivity contribution in [1.29, 1.82) is 0 Å². The Morgan fingerprint density at radius 2 is 2.00 bits per heavy atom. The van der Waals surface area contributed by atoms with Gasteiger partial charge in [-0.05, 0) is 46.3 Å². The van der Waals surface area contributed by atoms with Gasteiger partial charge in [0.05, 0.1) is 6.61 Å². The van der Waals surface area contributed by atoms with E-state index >= 15 is 0 Å². The molecule has 0 saturated heterocycles. The average molecular weight is 282 g/mol. The third-order valence-corrected chi connectivity index (χ3v) is 4.31. The van der Waals surface area contributed by atoms with E-state index in [0.717, 1.165) is 25.2 Å². The Kier molecular flexibility index (Phi) is 4.03. The average Bonchev–Trinajstić information content (AvgIpc) is 3.01. The van der Waals surface area contributed by atoms with Crippen LogP contribution in [0.3, 0.4) is 0 Å². The lowest BCUT2D eigenvalue weighted by atomic mass is 10.0. The summed E-state index contributed by atoms with van der Waals surface area (Å²) in [7, 11) is 0. The molecule has 3 aromatic rings. The van der Waals surface area contributed by atoms with E-state index < -0.39 is 0 Å². The molecule has 0 N–H and O–H groups in total. The Morgan fingerprint density at radius 1 is 1.05 bits per heavy atom. The molecule has 0 fully saturated rings. The number of thiophene rings is 1. The first-order valence-corrected chi connectivity index (χ1v) is 7.96. The summed E-state index contributed by atoms with van der Waals surface area (Å²) in [4.78, 5) is 1.31. The normalized spacial score (nSPS) is 10.8. The summed E-state index contributed by atoms with van der Waals surface area (Å²) < 4.78 is 5.83. The Hall–Kier alpha value is -1.80. The fourth-order valence-electron chi connectivity index (χ4n) is 2.32. The van der Waals surface area contributed by atoms with Gasteiger partial charge in [-0.25, -0.2) is 0 Å². The van der Waals surface area contributed by atoms with Gasteiger partial charge in [-0.2, -0.15) is 0 Å². The van der Waals surface area contributed by atoms with Crippen molar-refractivity contribution >= 4 is 22.1 Å². The van der Waals surface area contributed by atoms with Gasteiger partial charge in [0.1, 0.15) is 5.75 Å². The number of benzene rings is 2. The lowest BCUT2D eigenvalue weighted by Crippen LogP contribution is -1.96. The molecule has 0 unspecified atom stereocenters. The third kappa shape index (κ3) is 2.70. The molecular weight excluding hydrogens is 264 g/mol. The van der Waals surface area contributed by atoms with Gasteiger partial charge < -0.3 is 4.74 Å². The van der Waals surface area contributed by atoms with Crippen LogP contribution < -0.4 is 4.74 Å². The van der Waals surface area contributed by atoms with Crippen LogP contribution in [0.5, 0.6) is 5.75 Å². The van der Waals surface area contributed by atoms with E-state index in [2.05, 4.69) is 60.8 Å². The predicted octanol–water partition coefficient (Wildman–Crippen LogP) is 5.75. The largest absolute Gasteiger partial charge is 0.494 e. The van der Waals surface area contributed by atoms with Gasteiger partial charge in [0.15, 0.2) is 0 Å². The van der Waals surface area contributed by atoms with Crippen LogP contribution in [0.2, 0.25) is 0 Å². The SMILES string of the molecule is CCCCOc1ccc2cccc(-c3cccs3)c2c1. The summed E-state index contributed by atoms with van der Waals surface area (Å²) >= 11 is 1.78. The standard InChI is InChI=1S/C18H18OS/c1-2-3-11-19-15-10-9-14-6-4-7-16(17(14)13-15)18-8-5-12-20-18/h4-10,12-13H,2-3,11H2,1H3. The van der Waals surface area contributed by atoms with Gasteiger partial charge in [-0.15, -0.1) is 11.3 Å². The molecule has 0 atom stereocenters. The fraction of sp³-hybridized carbons (Fsp3) is 0.222. The van der Waals surface area contributed by atoms with Crippen LogP contribution in [0, 0.1) is 0 Å². The van der Waals surface area contributed by atoms with Crippen molar-refractivity contribution in [3.05, 3.63) is 53.9 Å². The predicted molar refractivity (Wildman–Crippen MR) is 87.7 cm³/mol. The highest BCUT2D eigenvalue weighted by Crippen LogP contribution is 2.33. The monoisotopic (exact) mass is 282 g/mol. The van der Waals surface area contributed by atoms with E-state index in [1.807, 2.05) is 0 Å². The van der Waals surface area contributed by atoms with Crippen LogP contribution in [0.15, 0.2) is 53.9 Å². The van der Waals surface area contributed by atoms with E-state index in [4.69, 9.17) is 4.74 Å². The van der Waals surface area contributed by atoms with E-state index in [0.29, 0.717) is 0 Å². The Bertz CT molecular complexity index is 686. The van der Waals surface area contributed by atoms with E-state index in [-0.39, 0.29) is 0 Å². The van der Waals surface area contributed by atoms with Crippen LogP contribution in [-0.2, 0) is 0 Å². The number of rotatable bonds is 5. The van der Waals surface area contributed by atoms with Crippen molar-refractivity contribution in [2.45, 2.75) is 19.8 Å². The van der Waals surface area contributed by atoms with Crippen LogP contribution in [0.1, 0.15) is 19.8 Å². The number of ether oxygens (including phenoxy) is 1. The fourth-order valence-corrected chi connectivity index (χ4v) is 3.09. The molecule has 20 heavy (non-hydrogen) atoms. The van der Waals surface area contributed by atoms with Gasteiger partial charge in [0.2, 0.25) is 0 Å². The van der Waals surface area contributed by atoms with Gasteiger partial charge in [0, 0.05) is 4.88 Å². The molecule has 1 aromatic heterocycles. The Balaban J connectivity index is 2.00. The Labute approximate surface area is 123 Å². The van der Waals surface area contributed by atoms with Crippen LogP contribution in [-0.4, -0.2) is 6.61 Å². The molecule has 0 spiro atoms. The molecule has 0 aliphatic rings. The highest BCUT2D eigenvalue weighted by molar-refractivity contribution is 7.13. The Morgan fingerprint density at radius 3 is 2.80 bits per heavy atom. The second kappa shape index (κ2) is 6.10. The minimum absolute atomic E-state index is 0.795. The van der Waals surface area contributed by atoms with E-state index in [9.17, 15) is 0 Å². The molecule has 0 bridgehead atoms. The molecule has 1 nitrogen and oxygen atoms in total. The lowest BCUT2D eigenvalue weighted by molar-refractivity contribution is 0.310. The number of fused-ring (bicyclic) bond motifs is 1. The zero-order valence-electron chi connectivity index (χ0n) is 11.6. The number of hydrogen-bond donors (Lipinski definition) is 0. The van der Waals surface area contributed by atoms with Crippen LogP contribution in [0.25, 0.3) is 21.2 Å². The zero-order valence-corrected chi connectivity index (χ0v) is 12.5. The molecule has 102 valence electrons. The molecule has 0 amide bonds. The first-order valence-electron chi connectivity index (χ1n) is 7.08. The lowest BCUT2D eigenvalue weighted by Gasteiger charge is -2.09.